The van der Waals surface area contributed by atoms with Crippen LogP contribution in [0.4, 0.5) is 0 Å². The lowest BCUT2D eigenvalue weighted by Gasteiger charge is -2.35. The van der Waals surface area contributed by atoms with Gasteiger partial charge in [0.05, 0.1) is 6.10 Å². The van der Waals surface area contributed by atoms with E-state index in [9.17, 15) is 9.59 Å². The first kappa shape index (κ1) is 19.3. The molecule has 2 aromatic heterocycles. The molecule has 28 heavy (non-hydrogen) atoms. The van der Waals surface area contributed by atoms with Crippen LogP contribution in [0, 0.1) is 5.92 Å². The number of carbonyl (C=O) groups excluding carboxylic acids is 2. The molecule has 0 spiro atoms. The van der Waals surface area contributed by atoms with E-state index in [-0.39, 0.29) is 29.7 Å². The number of hydrogen-bond acceptors (Lipinski definition) is 6. The Morgan fingerprint density at radius 2 is 1.82 bits per heavy atom. The fourth-order valence-electron chi connectivity index (χ4n) is 4.17. The molecule has 1 unspecified atom stereocenters. The molecule has 0 saturated heterocycles. The lowest BCUT2D eigenvalue weighted by molar-refractivity contribution is -0.150. The fraction of sp³-hybridized carbons (Fsp3) is 0.409. The Bertz CT molecular complexity index is 939. The molecular formula is C22H23NO3S2. The van der Waals surface area contributed by atoms with Gasteiger partial charge in [0.15, 0.2) is 5.78 Å². The Kier molecular flexibility index (Phi) is 5.34. The molecule has 4 rings (SSSR count). The van der Waals surface area contributed by atoms with Crippen molar-refractivity contribution < 1.29 is 14.3 Å². The van der Waals surface area contributed by atoms with Crippen LogP contribution < -0.4 is 0 Å². The molecule has 3 atom stereocenters. The number of ether oxygens (including phenoxy) is 1. The second kappa shape index (κ2) is 7.76. The zero-order valence-electron chi connectivity index (χ0n) is 16.2. The molecule has 2 aromatic rings. The van der Waals surface area contributed by atoms with Crippen LogP contribution in [-0.2, 0) is 14.3 Å². The van der Waals surface area contributed by atoms with Crippen molar-refractivity contribution in [3.05, 3.63) is 56.1 Å². The molecule has 1 aliphatic heterocycles. The molecule has 0 radical (unpaired) electrons. The summed E-state index contributed by atoms with van der Waals surface area (Å²) in [5, 5.41) is 4.04. The highest BCUT2D eigenvalue weighted by Crippen LogP contribution is 2.48. The van der Waals surface area contributed by atoms with E-state index in [1.54, 1.807) is 22.7 Å². The molecule has 146 valence electrons. The normalized spacial score (nSPS) is 24.9. The predicted octanol–water partition coefficient (Wildman–Crippen LogP) is 5.34. The van der Waals surface area contributed by atoms with Gasteiger partial charge in [-0.15, -0.1) is 22.7 Å². The number of hydrogen-bond donors (Lipinski definition) is 0. The SMILES string of the molecule is CC1=NC2=C(C(=O)C[C@H](c3cccs3)C2)[C@H](c2cccs2)C1C(=O)OC(C)C. The third-order valence-corrected chi connectivity index (χ3v) is 7.28. The van der Waals surface area contributed by atoms with E-state index in [0.717, 1.165) is 22.7 Å². The monoisotopic (exact) mass is 413 g/mol. The van der Waals surface area contributed by atoms with Crippen molar-refractivity contribution in [2.75, 3.05) is 0 Å². The standard InChI is InChI=1S/C22H23NO3S2/c1-12(2)26-22(25)19-13(3)23-15-10-14(17-6-4-8-27-17)11-16(24)20(15)21(19)18-7-5-9-28-18/h4-9,12,14,19,21H,10-11H2,1-3H3/t14-,19?,21-/m1/s1. The van der Waals surface area contributed by atoms with Crippen LogP contribution in [0.25, 0.3) is 0 Å². The second-order valence-corrected chi connectivity index (χ2v) is 9.57. The number of ketones is 1. The number of rotatable bonds is 4. The average Bonchev–Trinajstić information content (AvgIpc) is 3.33. The lowest BCUT2D eigenvalue weighted by Crippen LogP contribution is -2.38. The number of aliphatic imine (C=N–C) groups is 1. The van der Waals surface area contributed by atoms with Crippen LogP contribution >= 0.6 is 22.7 Å². The molecule has 0 saturated carbocycles. The minimum atomic E-state index is -0.540. The van der Waals surface area contributed by atoms with Gasteiger partial charge in [0.1, 0.15) is 5.92 Å². The number of thiophene rings is 2. The van der Waals surface area contributed by atoms with E-state index in [0.29, 0.717) is 12.0 Å². The number of Topliss-reactive ketones (excluding diaryl/α,β-unsaturated/α-hetero) is 1. The van der Waals surface area contributed by atoms with Gasteiger partial charge in [-0.3, -0.25) is 14.6 Å². The van der Waals surface area contributed by atoms with Crippen LogP contribution in [0.2, 0.25) is 0 Å². The Hall–Kier alpha value is -2.05. The van der Waals surface area contributed by atoms with E-state index in [4.69, 9.17) is 9.73 Å². The molecule has 4 nitrogen and oxygen atoms in total. The maximum Gasteiger partial charge on any atom is 0.315 e. The van der Waals surface area contributed by atoms with Gasteiger partial charge in [0.2, 0.25) is 0 Å². The van der Waals surface area contributed by atoms with Gasteiger partial charge in [0.25, 0.3) is 0 Å². The third-order valence-electron chi connectivity index (χ3n) is 5.29. The Balaban J connectivity index is 1.77. The number of nitrogens with zero attached hydrogens (tertiary/aromatic N) is 1. The first-order valence-electron chi connectivity index (χ1n) is 9.54. The van der Waals surface area contributed by atoms with E-state index in [1.807, 2.05) is 49.7 Å². The van der Waals surface area contributed by atoms with Crippen molar-refractivity contribution in [1.82, 2.24) is 0 Å². The molecule has 0 bridgehead atoms. The molecule has 2 aliphatic rings. The molecule has 6 heteroatoms. The first-order chi connectivity index (χ1) is 13.5. The number of esters is 1. The highest BCUT2D eigenvalue weighted by molar-refractivity contribution is 7.10. The maximum atomic E-state index is 13.3. The van der Waals surface area contributed by atoms with Gasteiger partial charge in [-0.05, 0) is 50.1 Å². The topological polar surface area (TPSA) is 55.7 Å². The predicted molar refractivity (Wildman–Crippen MR) is 113 cm³/mol. The van der Waals surface area contributed by atoms with Crippen LogP contribution in [0.5, 0.6) is 0 Å². The Labute approximate surface area is 173 Å². The maximum absolute atomic E-state index is 13.3. The summed E-state index contributed by atoms with van der Waals surface area (Å²) in [6.07, 6.45) is 1.01. The van der Waals surface area contributed by atoms with Crippen LogP contribution in [0.3, 0.4) is 0 Å². The summed E-state index contributed by atoms with van der Waals surface area (Å²) < 4.78 is 5.54. The van der Waals surface area contributed by atoms with Crippen molar-refractivity contribution in [2.24, 2.45) is 10.9 Å². The molecular weight excluding hydrogens is 390 g/mol. The average molecular weight is 414 g/mol. The summed E-state index contributed by atoms with van der Waals surface area (Å²) in [4.78, 5) is 33.2. The summed E-state index contributed by atoms with van der Waals surface area (Å²) in [6.45, 7) is 5.57. The van der Waals surface area contributed by atoms with Gasteiger partial charge in [0, 0.05) is 45.0 Å². The Morgan fingerprint density at radius 3 is 2.43 bits per heavy atom. The van der Waals surface area contributed by atoms with E-state index >= 15 is 0 Å². The summed E-state index contributed by atoms with van der Waals surface area (Å²) >= 11 is 3.27. The zero-order chi connectivity index (χ0) is 19.8. The summed E-state index contributed by atoms with van der Waals surface area (Å²) in [5.74, 6) is -0.852. The van der Waals surface area contributed by atoms with Gasteiger partial charge >= 0.3 is 5.97 Å². The molecule has 0 amide bonds. The van der Waals surface area contributed by atoms with Crippen molar-refractivity contribution in [2.45, 2.75) is 51.6 Å². The minimum absolute atomic E-state index is 0.108. The Morgan fingerprint density at radius 1 is 1.14 bits per heavy atom. The molecule has 3 heterocycles. The van der Waals surface area contributed by atoms with Crippen LogP contribution in [-0.4, -0.2) is 23.6 Å². The number of carbonyl (C=O) groups is 2. The molecule has 0 aromatic carbocycles. The summed E-state index contributed by atoms with van der Waals surface area (Å²) in [5.41, 5.74) is 2.30. The summed E-state index contributed by atoms with van der Waals surface area (Å²) in [7, 11) is 0. The largest absolute Gasteiger partial charge is 0.462 e. The van der Waals surface area contributed by atoms with Crippen molar-refractivity contribution in [3.8, 4) is 0 Å². The van der Waals surface area contributed by atoms with E-state index < -0.39 is 5.92 Å². The smallest absolute Gasteiger partial charge is 0.315 e. The van der Waals surface area contributed by atoms with Crippen molar-refractivity contribution in [3.63, 3.8) is 0 Å². The van der Waals surface area contributed by atoms with Gasteiger partial charge in [-0.1, -0.05) is 12.1 Å². The minimum Gasteiger partial charge on any atom is -0.462 e. The van der Waals surface area contributed by atoms with Crippen molar-refractivity contribution in [1.29, 1.82) is 0 Å². The van der Waals surface area contributed by atoms with Crippen LogP contribution in [0.15, 0.2) is 51.3 Å². The molecule has 1 aliphatic carbocycles. The molecule has 0 fully saturated rings. The van der Waals surface area contributed by atoms with Crippen LogP contribution in [0.1, 0.15) is 55.2 Å². The third kappa shape index (κ3) is 3.51. The molecule has 0 N–H and O–H groups in total. The zero-order valence-corrected chi connectivity index (χ0v) is 17.8. The quantitative estimate of drug-likeness (QED) is 0.636. The second-order valence-electron chi connectivity index (χ2n) is 7.61. The fourth-order valence-corrected chi connectivity index (χ4v) is 5.87. The van der Waals surface area contributed by atoms with Gasteiger partial charge < -0.3 is 4.74 Å². The van der Waals surface area contributed by atoms with Gasteiger partial charge in [-0.25, -0.2) is 0 Å². The lowest BCUT2D eigenvalue weighted by atomic mass is 9.72. The highest BCUT2D eigenvalue weighted by atomic mass is 32.1. The first-order valence-corrected chi connectivity index (χ1v) is 11.3. The summed E-state index contributed by atoms with van der Waals surface area (Å²) in [6, 6.07) is 8.09. The number of allylic oxidation sites excluding steroid dienone is 2. The van der Waals surface area contributed by atoms with Crippen molar-refractivity contribution >= 4 is 40.1 Å². The van der Waals surface area contributed by atoms with Gasteiger partial charge in [-0.2, -0.15) is 0 Å². The van der Waals surface area contributed by atoms with E-state index in [2.05, 4.69) is 6.07 Å². The highest BCUT2D eigenvalue weighted by Gasteiger charge is 2.45. The van der Waals surface area contributed by atoms with E-state index in [1.165, 1.54) is 4.88 Å².